The minimum Gasteiger partial charge on any atom is -0.495 e. The van der Waals surface area contributed by atoms with Gasteiger partial charge < -0.3 is 20.2 Å². The molecule has 1 aliphatic heterocycles. The molecule has 1 aliphatic rings. The number of nitrogens with zero attached hydrogens (tertiary/aromatic N) is 1. The quantitative estimate of drug-likeness (QED) is 0.605. The average molecular weight is 437 g/mol. The van der Waals surface area contributed by atoms with Crippen LogP contribution in [0.5, 0.6) is 5.75 Å². The fraction of sp³-hybridized carbons (Fsp3) is 0.222. The normalized spacial score (nSPS) is 14.0. The van der Waals surface area contributed by atoms with Crippen molar-refractivity contribution in [3.05, 3.63) is 52.3 Å². The highest BCUT2D eigenvalue weighted by molar-refractivity contribution is 9.10. The number of amides is 1. The molecule has 1 fully saturated rings. The van der Waals surface area contributed by atoms with E-state index in [0.29, 0.717) is 47.0 Å². The van der Waals surface area contributed by atoms with E-state index in [9.17, 15) is 9.18 Å². The summed E-state index contributed by atoms with van der Waals surface area (Å²) < 4.78 is 24.3. The van der Waals surface area contributed by atoms with Crippen molar-refractivity contribution in [3.63, 3.8) is 0 Å². The molecule has 0 saturated carbocycles. The molecule has 142 valence electrons. The number of rotatable bonds is 6. The van der Waals surface area contributed by atoms with Crippen LogP contribution in [0.15, 0.2) is 40.9 Å². The number of benzene rings is 2. The number of ether oxygens (including phenoxy) is 2. The molecule has 27 heavy (non-hydrogen) atoms. The first-order chi connectivity index (χ1) is 13.0. The zero-order valence-corrected chi connectivity index (χ0v) is 16.1. The number of hydrogen-bond donors (Lipinski definition) is 3. The van der Waals surface area contributed by atoms with Crippen LogP contribution in [-0.4, -0.2) is 43.6 Å². The molecule has 0 spiro atoms. The molecule has 0 unspecified atom stereocenters. The average Bonchev–Trinajstić information content (AvgIpc) is 3.16. The van der Waals surface area contributed by atoms with Crippen molar-refractivity contribution in [2.75, 3.05) is 37.7 Å². The Morgan fingerprint density at radius 3 is 2.85 bits per heavy atom. The summed E-state index contributed by atoms with van der Waals surface area (Å²) in [5.74, 6) is -0.557. The summed E-state index contributed by atoms with van der Waals surface area (Å²) >= 11 is 3.20. The molecule has 3 N–H and O–H groups in total. The number of carbonyl (C=O) groups is 1. The number of halogens is 2. The lowest BCUT2D eigenvalue weighted by molar-refractivity contribution is -0.110. The van der Waals surface area contributed by atoms with Crippen LogP contribution in [0.1, 0.15) is 5.56 Å². The highest BCUT2D eigenvalue weighted by Gasteiger charge is 2.22. The van der Waals surface area contributed by atoms with E-state index < -0.39 is 11.7 Å². The van der Waals surface area contributed by atoms with Crippen molar-refractivity contribution < 1.29 is 18.7 Å². The van der Waals surface area contributed by atoms with Crippen molar-refractivity contribution in [2.45, 2.75) is 0 Å². The van der Waals surface area contributed by atoms with Crippen molar-refractivity contribution in [3.8, 4) is 5.75 Å². The smallest absolute Gasteiger partial charge is 0.274 e. The maximum atomic E-state index is 13.2. The van der Waals surface area contributed by atoms with Gasteiger partial charge in [-0.3, -0.25) is 10.2 Å². The lowest BCUT2D eigenvalue weighted by atomic mass is 10.1. The van der Waals surface area contributed by atoms with Gasteiger partial charge in [-0.15, -0.1) is 0 Å². The van der Waals surface area contributed by atoms with Gasteiger partial charge in [-0.25, -0.2) is 4.39 Å². The van der Waals surface area contributed by atoms with Gasteiger partial charge in [0.15, 0.2) is 0 Å². The highest BCUT2D eigenvalue weighted by Crippen LogP contribution is 2.30. The Bertz CT molecular complexity index is 872. The Labute approximate surface area is 164 Å². The molecule has 1 heterocycles. The zero-order chi connectivity index (χ0) is 19.4. The molecule has 0 bridgehead atoms. The predicted octanol–water partition coefficient (Wildman–Crippen LogP) is 3.22. The summed E-state index contributed by atoms with van der Waals surface area (Å²) in [6.45, 7) is 1.65. The number of anilines is 2. The van der Waals surface area contributed by atoms with Crippen molar-refractivity contribution in [1.29, 1.82) is 5.41 Å². The molecule has 2 aromatic carbocycles. The number of para-hydroxylation sites is 1. The molecule has 1 saturated heterocycles. The zero-order valence-electron chi connectivity index (χ0n) is 14.5. The van der Waals surface area contributed by atoms with Gasteiger partial charge in [0.1, 0.15) is 29.7 Å². The van der Waals surface area contributed by atoms with Gasteiger partial charge in [-0.05, 0) is 40.2 Å². The molecule has 0 atom stereocenters. The summed E-state index contributed by atoms with van der Waals surface area (Å²) in [5.41, 5.74) is 4.14. The molecule has 0 radical (unpaired) electrons. The van der Waals surface area contributed by atoms with Gasteiger partial charge in [0, 0.05) is 16.6 Å². The van der Waals surface area contributed by atoms with Crippen LogP contribution in [0.3, 0.4) is 0 Å². The first-order valence-corrected chi connectivity index (χ1v) is 8.90. The van der Waals surface area contributed by atoms with Gasteiger partial charge in [0.25, 0.3) is 5.91 Å². The van der Waals surface area contributed by atoms with Crippen molar-refractivity contribution >= 4 is 38.9 Å². The molecule has 7 nitrogen and oxygen atoms in total. The fourth-order valence-corrected chi connectivity index (χ4v) is 3.03. The van der Waals surface area contributed by atoms with Gasteiger partial charge in [-0.1, -0.05) is 12.1 Å². The van der Waals surface area contributed by atoms with E-state index in [1.807, 2.05) is 5.01 Å². The van der Waals surface area contributed by atoms with E-state index in [1.54, 1.807) is 18.2 Å². The number of nitrogens with one attached hydrogen (secondary N) is 3. The standard InChI is InChI=1S/C18H18BrFN4O3/c1-26-15-4-2-3-12(17(15)23-24-7-8-27-10-24)16(21)18(25)22-14-6-5-11(20)9-13(14)19/h2-6,9,21,23H,7-8,10H2,1H3,(H,22,25). The summed E-state index contributed by atoms with van der Waals surface area (Å²) in [6, 6.07) is 9.00. The topological polar surface area (TPSA) is 86.7 Å². The third-order valence-corrected chi connectivity index (χ3v) is 4.60. The van der Waals surface area contributed by atoms with Crippen LogP contribution >= 0.6 is 15.9 Å². The van der Waals surface area contributed by atoms with Crippen LogP contribution in [0.25, 0.3) is 0 Å². The van der Waals surface area contributed by atoms with E-state index in [2.05, 4.69) is 26.7 Å². The summed E-state index contributed by atoms with van der Waals surface area (Å²) in [4.78, 5) is 12.6. The molecule has 1 amide bonds. The molecular weight excluding hydrogens is 419 g/mol. The molecule has 9 heteroatoms. The second-order valence-corrected chi connectivity index (χ2v) is 6.60. The third kappa shape index (κ3) is 4.44. The predicted molar refractivity (Wildman–Crippen MR) is 104 cm³/mol. The van der Waals surface area contributed by atoms with Gasteiger partial charge in [0.05, 0.1) is 19.4 Å². The second kappa shape index (κ2) is 8.47. The SMILES string of the molecule is COc1cccc(C(=N)C(=O)Nc2ccc(F)cc2Br)c1NN1CCOC1. The number of hydrogen-bond acceptors (Lipinski definition) is 6. The van der Waals surface area contributed by atoms with Crippen molar-refractivity contribution in [2.24, 2.45) is 0 Å². The Hall–Kier alpha value is -2.49. The lowest BCUT2D eigenvalue weighted by Crippen LogP contribution is -2.30. The largest absolute Gasteiger partial charge is 0.495 e. The number of carbonyl (C=O) groups excluding carboxylic acids is 1. The minimum absolute atomic E-state index is 0.257. The Balaban J connectivity index is 1.85. The Morgan fingerprint density at radius 2 is 2.19 bits per heavy atom. The van der Waals surface area contributed by atoms with Gasteiger partial charge in [-0.2, -0.15) is 5.01 Å². The third-order valence-electron chi connectivity index (χ3n) is 3.94. The van der Waals surface area contributed by atoms with Crippen LogP contribution in [0.2, 0.25) is 0 Å². The van der Waals surface area contributed by atoms with Crippen LogP contribution in [0, 0.1) is 11.2 Å². The minimum atomic E-state index is -0.628. The summed E-state index contributed by atoms with van der Waals surface area (Å²) in [6.07, 6.45) is 0. The van der Waals surface area contributed by atoms with Crippen LogP contribution < -0.4 is 15.5 Å². The fourth-order valence-electron chi connectivity index (χ4n) is 2.58. The molecular formula is C18H18BrFN4O3. The van der Waals surface area contributed by atoms with E-state index in [-0.39, 0.29) is 5.71 Å². The van der Waals surface area contributed by atoms with Crippen LogP contribution in [0.4, 0.5) is 15.8 Å². The number of methoxy groups -OCH3 is 1. The van der Waals surface area contributed by atoms with E-state index in [4.69, 9.17) is 14.9 Å². The maximum absolute atomic E-state index is 13.2. The van der Waals surface area contributed by atoms with E-state index in [1.165, 1.54) is 25.3 Å². The Morgan fingerprint density at radius 1 is 1.37 bits per heavy atom. The van der Waals surface area contributed by atoms with Crippen LogP contribution in [-0.2, 0) is 9.53 Å². The first kappa shape index (κ1) is 19.3. The lowest BCUT2D eigenvalue weighted by Gasteiger charge is -2.21. The summed E-state index contributed by atoms with van der Waals surface area (Å²) in [7, 11) is 1.52. The van der Waals surface area contributed by atoms with E-state index >= 15 is 0 Å². The monoisotopic (exact) mass is 436 g/mol. The Kier molecular flexibility index (Phi) is 6.04. The highest BCUT2D eigenvalue weighted by atomic mass is 79.9. The van der Waals surface area contributed by atoms with Gasteiger partial charge in [0.2, 0.25) is 0 Å². The van der Waals surface area contributed by atoms with E-state index in [0.717, 1.165) is 0 Å². The molecule has 0 aliphatic carbocycles. The molecule has 3 rings (SSSR count). The van der Waals surface area contributed by atoms with Crippen molar-refractivity contribution in [1.82, 2.24) is 5.01 Å². The second-order valence-electron chi connectivity index (χ2n) is 5.75. The van der Waals surface area contributed by atoms with Gasteiger partial charge >= 0.3 is 0 Å². The summed E-state index contributed by atoms with van der Waals surface area (Å²) in [5, 5.41) is 12.8. The molecule has 2 aromatic rings. The maximum Gasteiger partial charge on any atom is 0.274 e. The molecule has 0 aromatic heterocycles. The number of hydrazine groups is 1. The first-order valence-electron chi connectivity index (χ1n) is 8.11.